The fourth-order valence-electron chi connectivity index (χ4n) is 5.14. The molecule has 44 heavy (non-hydrogen) atoms. The Morgan fingerprint density at radius 2 is 1.93 bits per heavy atom. The van der Waals surface area contributed by atoms with E-state index in [4.69, 9.17) is 16.6 Å². The molecular weight excluding hydrogens is 595 g/mol. The highest BCUT2D eigenvalue weighted by Crippen LogP contribution is 2.39. The number of carbonyl (C=O) groups excluding carboxylic acids is 1. The molecular formula is C30H24F3N7O3S. The van der Waals surface area contributed by atoms with Gasteiger partial charge >= 0.3 is 11.9 Å². The van der Waals surface area contributed by atoms with Crippen LogP contribution in [0.5, 0.6) is 0 Å². The molecule has 3 N–H and O–H groups in total. The topological polar surface area (TPSA) is 134 Å². The number of halogens is 3. The Balaban J connectivity index is 1.34. The van der Waals surface area contributed by atoms with Crippen LogP contribution >= 0.6 is 12.2 Å². The minimum absolute atomic E-state index is 0.0647. The van der Waals surface area contributed by atoms with Gasteiger partial charge in [0.2, 0.25) is 11.8 Å². The zero-order chi connectivity index (χ0) is 31.2. The van der Waals surface area contributed by atoms with E-state index in [-0.39, 0.29) is 16.7 Å². The number of hydrogen-bond acceptors (Lipinski definition) is 7. The molecule has 224 valence electrons. The van der Waals surface area contributed by atoms with Gasteiger partial charge in [0.1, 0.15) is 4.64 Å². The third kappa shape index (κ3) is 5.63. The van der Waals surface area contributed by atoms with Gasteiger partial charge in [0, 0.05) is 24.2 Å². The molecule has 3 aromatic heterocycles. The number of aryl methyl sites for hydroxylation is 2. The van der Waals surface area contributed by atoms with Crippen LogP contribution in [0.3, 0.4) is 0 Å². The lowest BCUT2D eigenvalue weighted by atomic mass is 9.86. The third-order valence-corrected chi connectivity index (χ3v) is 7.55. The highest BCUT2D eigenvalue weighted by atomic mass is 32.1. The van der Waals surface area contributed by atoms with E-state index in [0.29, 0.717) is 28.5 Å². The molecule has 0 radical (unpaired) electrons. The molecule has 14 heteroatoms. The molecule has 1 amide bonds. The van der Waals surface area contributed by atoms with Crippen LogP contribution in [0.1, 0.15) is 74.2 Å². The summed E-state index contributed by atoms with van der Waals surface area (Å²) in [5, 5.41) is 7.39. The van der Waals surface area contributed by atoms with Crippen LogP contribution in [0.2, 0.25) is 0 Å². The molecule has 2 aromatic carbocycles. The SMILES string of the molecule is CCc1ccc2c(c1)C=Cc1oc(C)nc1C2c1cn(Cc2cccc(C(=O)Nc3n[nH]c(C(F)(F)F)n3)c2)c(=O)[nH]c1=S. The van der Waals surface area contributed by atoms with Crippen LogP contribution in [0.4, 0.5) is 19.1 Å². The molecule has 5 aromatic rings. The Hall–Kier alpha value is -5.11. The van der Waals surface area contributed by atoms with E-state index in [0.717, 1.165) is 23.1 Å². The van der Waals surface area contributed by atoms with Crippen molar-refractivity contribution in [3.05, 3.63) is 120 Å². The monoisotopic (exact) mass is 619 g/mol. The highest BCUT2D eigenvalue weighted by molar-refractivity contribution is 7.71. The Labute approximate surface area is 252 Å². The van der Waals surface area contributed by atoms with Crippen molar-refractivity contribution in [1.82, 2.24) is 29.7 Å². The summed E-state index contributed by atoms with van der Waals surface area (Å²) < 4.78 is 46.1. The van der Waals surface area contributed by atoms with Crippen LogP contribution in [-0.2, 0) is 19.1 Å². The number of H-pyrrole nitrogens is 2. The second kappa shape index (κ2) is 11.2. The first-order valence-electron chi connectivity index (χ1n) is 13.5. The van der Waals surface area contributed by atoms with Crippen molar-refractivity contribution >= 4 is 36.2 Å². The van der Waals surface area contributed by atoms with Gasteiger partial charge in [-0.2, -0.15) is 18.2 Å². The summed E-state index contributed by atoms with van der Waals surface area (Å²) in [6.07, 6.45) is 1.68. The summed E-state index contributed by atoms with van der Waals surface area (Å²) in [7, 11) is 0. The molecule has 0 fully saturated rings. The van der Waals surface area contributed by atoms with Gasteiger partial charge in [0.05, 0.1) is 18.2 Å². The van der Waals surface area contributed by atoms with Crippen LogP contribution in [0, 0.1) is 11.6 Å². The second-order valence-electron chi connectivity index (χ2n) is 10.2. The lowest BCUT2D eigenvalue weighted by Gasteiger charge is -2.19. The molecule has 3 heterocycles. The number of aromatic amines is 2. The standard InChI is InChI=1S/C30H24F3N7O3S/c1-3-16-7-9-20-18(11-16)8-10-22-24(34-15(2)43-22)23(20)21-14-40(29(42)36-26(21)44)13-17-5-4-6-19(12-17)25(41)35-28-37-27(38-39-28)30(31,32)33/h4-12,14,23H,3,13H2,1-2H3,(H,36,42,44)(H2,35,37,38,39,41). The number of nitrogens with one attached hydrogen (secondary N) is 3. The molecule has 6 rings (SSSR count). The summed E-state index contributed by atoms with van der Waals surface area (Å²) in [6.45, 7) is 3.91. The predicted molar refractivity (Wildman–Crippen MR) is 158 cm³/mol. The molecule has 0 spiro atoms. The first kappa shape index (κ1) is 29.0. The maximum absolute atomic E-state index is 13.1. The molecule has 1 aliphatic carbocycles. The average Bonchev–Trinajstić information content (AvgIpc) is 3.58. The van der Waals surface area contributed by atoms with E-state index in [1.165, 1.54) is 16.7 Å². The number of benzene rings is 2. The van der Waals surface area contributed by atoms with Crippen molar-refractivity contribution in [2.45, 2.75) is 38.9 Å². The zero-order valence-electron chi connectivity index (χ0n) is 23.3. The summed E-state index contributed by atoms with van der Waals surface area (Å²) >= 11 is 5.66. The molecule has 1 aliphatic rings. The van der Waals surface area contributed by atoms with Crippen molar-refractivity contribution in [3.63, 3.8) is 0 Å². The number of rotatable bonds is 6. The van der Waals surface area contributed by atoms with Crippen molar-refractivity contribution in [2.24, 2.45) is 0 Å². The predicted octanol–water partition coefficient (Wildman–Crippen LogP) is 5.87. The first-order valence-corrected chi connectivity index (χ1v) is 13.9. The summed E-state index contributed by atoms with van der Waals surface area (Å²) in [5.74, 6) is -1.91. The lowest BCUT2D eigenvalue weighted by Crippen LogP contribution is -2.25. The van der Waals surface area contributed by atoms with Crippen LogP contribution in [-0.4, -0.2) is 35.6 Å². The summed E-state index contributed by atoms with van der Waals surface area (Å²) in [6, 6.07) is 12.5. The number of alkyl halides is 3. The molecule has 0 saturated carbocycles. The molecule has 0 saturated heterocycles. The second-order valence-corrected chi connectivity index (χ2v) is 10.6. The Morgan fingerprint density at radius 1 is 1.11 bits per heavy atom. The number of oxazole rings is 1. The van der Waals surface area contributed by atoms with Gasteiger partial charge in [-0.3, -0.25) is 24.8 Å². The van der Waals surface area contributed by atoms with Gasteiger partial charge in [-0.15, -0.1) is 5.10 Å². The smallest absolute Gasteiger partial charge is 0.441 e. The fourth-order valence-corrected chi connectivity index (χ4v) is 5.40. The minimum Gasteiger partial charge on any atom is -0.441 e. The quantitative estimate of drug-likeness (QED) is 0.199. The average molecular weight is 620 g/mol. The third-order valence-electron chi connectivity index (χ3n) is 7.22. The summed E-state index contributed by atoms with van der Waals surface area (Å²) in [4.78, 5) is 36.6. The van der Waals surface area contributed by atoms with Crippen molar-refractivity contribution in [3.8, 4) is 0 Å². The molecule has 0 bridgehead atoms. The van der Waals surface area contributed by atoms with E-state index < -0.39 is 35.5 Å². The molecule has 0 aliphatic heterocycles. The Morgan fingerprint density at radius 3 is 2.68 bits per heavy atom. The van der Waals surface area contributed by atoms with Crippen LogP contribution < -0.4 is 11.0 Å². The van der Waals surface area contributed by atoms with Gasteiger partial charge in [0.15, 0.2) is 11.7 Å². The van der Waals surface area contributed by atoms with Crippen LogP contribution in [0.15, 0.2) is 57.9 Å². The van der Waals surface area contributed by atoms with Crippen LogP contribution in [0.25, 0.3) is 12.2 Å². The number of aromatic nitrogens is 6. The number of carbonyl (C=O) groups is 1. The van der Waals surface area contributed by atoms with Crippen molar-refractivity contribution in [1.29, 1.82) is 0 Å². The van der Waals surface area contributed by atoms with Gasteiger partial charge in [-0.05, 0) is 46.9 Å². The number of fused-ring (bicyclic) bond motifs is 2. The Bertz CT molecular complexity index is 2060. The summed E-state index contributed by atoms with van der Waals surface area (Å²) in [5.41, 5.74) is 4.67. The largest absolute Gasteiger partial charge is 0.451 e. The van der Waals surface area contributed by atoms with Gasteiger partial charge in [-0.1, -0.05) is 55.5 Å². The van der Waals surface area contributed by atoms with Crippen molar-refractivity contribution in [2.75, 3.05) is 5.32 Å². The van der Waals surface area contributed by atoms with E-state index in [1.807, 2.05) is 18.2 Å². The normalized spacial score (nSPS) is 14.2. The van der Waals surface area contributed by atoms with E-state index >= 15 is 0 Å². The lowest BCUT2D eigenvalue weighted by molar-refractivity contribution is -0.144. The Kier molecular flexibility index (Phi) is 7.37. The van der Waals surface area contributed by atoms with E-state index in [1.54, 1.807) is 30.4 Å². The van der Waals surface area contributed by atoms with E-state index in [9.17, 15) is 22.8 Å². The number of nitrogens with zero attached hydrogens (tertiary/aromatic N) is 4. The molecule has 1 atom stereocenters. The maximum Gasteiger partial charge on any atom is 0.451 e. The highest BCUT2D eigenvalue weighted by Gasteiger charge is 2.35. The number of hydrogen-bond donors (Lipinski definition) is 3. The van der Waals surface area contributed by atoms with Gasteiger partial charge in [-0.25, -0.2) is 9.78 Å². The zero-order valence-corrected chi connectivity index (χ0v) is 24.1. The molecule has 10 nitrogen and oxygen atoms in total. The number of amides is 1. The molecule has 1 unspecified atom stereocenters. The minimum atomic E-state index is -4.73. The number of anilines is 1. The van der Waals surface area contributed by atoms with Crippen molar-refractivity contribution < 1.29 is 22.4 Å². The van der Waals surface area contributed by atoms with Gasteiger partial charge < -0.3 is 4.42 Å². The maximum atomic E-state index is 13.1. The van der Waals surface area contributed by atoms with E-state index in [2.05, 4.69) is 44.4 Å². The first-order chi connectivity index (χ1) is 21.0. The van der Waals surface area contributed by atoms with Gasteiger partial charge in [0.25, 0.3) is 5.91 Å². The fraction of sp³-hybridized carbons (Fsp3) is 0.200.